The number of carbonyl (C=O) groups excluding carboxylic acids is 4. The Labute approximate surface area is 288 Å². The fourth-order valence-electron chi connectivity index (χ4n) is 6.12. The van der Waals surface area contributed by atoms with Crippen molar-refractivity contribution < 1.29 is 33.8 Å². The summed E-state index contributed by atoms with van der Waals surface area (Å²) >= 11 is 0. The summed E-state index contributed by atoms with van der Waals surface area (Å²) in [6.07, 6.45) is 0.970. The van der Waals surface area contributed by atoms with Crippen molar-refractivity contribution in [1.82, 2.24) is 24.8 Å². The summed E-state index contributed by atoms with van der Waals surface area (Å²) < 4.78 is 13.0. The smallest absolute Gasteiger partial charge is 0.307 e. The minimum Gasteiger partial charge on any atom is -0.460 e. The van der Waals surface area contributed by atoms with Crippen molar-refractivity contribution in [3.63, 3.8) is 0 Å². The predicted molar refractivity (Wildman–Crippen MR) is 186 cm³/mol. The molecule has 1 aromatic carbocycles. The first kappa shape index (κ1) is 37.7. The predicted octanol–water partition coefficient (Wildman–Crippen LogP) is 4.33. The van der Waals surface area contributed by atoms with Crippen molar-refractivity contribution >= 4 is 51.4 Å². The molecule has 3 heterocycles. The third-order valence-corrected chi connectivity index (χ3v) is 8.28. The normalized spacial score (nSPS) is 16.6. The van der Waals surface area contributed by atoms with Crippen LogP contribution in [0.1, 0.15) is 87.4 Å². The van der Waals surface area contributed by atoms with Crippen molar-refractivity contribution in [2.75, 3.05) is 18.5 Å². The Bertz CT molecular complexity index is 1690. The number of aromatic nitrogens is 3. The van der Waals surface area contributed by atoms with Gasteiger partial charge in [-0.1, -0.05) is 39.0 Å². The number of nitrogens with one attached hydrogen (secondary N) is 2. The van der Waals surface area contributed by atoms with Crippen LogP contribution < -0.4 is 10.6 Å². The zero-order chi connectivity index (χ0) is 36.3. The fourth-order valence-corrected chi connectivity index (χ4v) is 6.12. The molecule has 13 heteroatoms. The number of rotatable bonds is 13. The van der Waals surface area contributed by atoms with Crippen LogP contribution in [0, 0.1) is 11.8 Å². The van der Waals surface area contributed by atoms with Crippen LogP contribution in [0.15, 0.2) is 24.3 Å². The van der Waals surface area contributed by atoms with Gasteiger partial charge in [0.2, 0.25) is 17.7 Å². The highest BCUT2D eigenvalue weighted by Crippen LogP contribution is 2.32. The average Bonchev–Trinajstić information content (AvgIpc) is 3.62. The van der Waals surface area contributed by atoms with E-state index in [1.165, 1.54) is 4.90 Å². The molecule has 1 saturated heterocycles. The number of aliphatic hydroxyl groups is 1. The molecule has 268 valence electrons. The van der Waals surface area contributed by atoms with Gasteiger partial charge in [0.1, 0.15) is 35.6 Å². The highest BCUT2D eigenvalue weighted by atomic mass is 16.6. The summed E-state index contributed by atoms with van der Waals surface area (Å²) in [6, 6.07) is 5.78. The maximum Gasteiger partial charge on any atom is 0.307 e. The van der Waals surface area contributed by atoms with Crippen LogP contribution in [0.4, 0.5) is 5.82 Å². The summed E-state index contributed by atoms with van der Waals surface area (Å²) in [4.78, 5) is 64.5. The molecule has 13 nitrogen and oxygen atoms in total. The lowest BCUT2D eigenvalue weighted by atomic mass is 10.0. The number of anilines is 1. The van der Waals surface area contributed by atoms with E-state index in [9.17, 15) is 24.3 Å². The monoisotopic (exact) mass is 680 g/mol. The molecule has 49 heavy (non-hydrogen) atoms. The highest BCUT2D eigenvalue weighted by Gasteiger charge is 2.39. The van der Waals surface area contributed by atoms with Crippen LogP contribution in [0.5, 0.6) is 0 Å². The number of fused-ring (bicyclic) bond motifs is 3. The molecule has 3 atom stereocenters. The zero-order valence-electron chi connectivity index (χ0n) is 30.3. The van der Waals surface area contributed by atoms with Crippen molar-refractivity contribution in [2.45, 2.75) is 118 Å². The molecule has 1 aliphatic heterocycles. The van der Waals surface area contributed by atoms with Gasteiger partial charge in [0.15, 0.2) is 5.82 Å². The molecule has 2 aromatic heterocycles. The Kier molecular flexibility index (Phi) is 11.7. The van der Waals surface area contributed by atoms with Gasteiger partial charge in [0.05, 0.1) is 29.6 Å². The van der Waals surface area contributed by atoms with Gasteiger partial charge in [-0.25, -0.2) is 9.97 Å². The van der Waals surface area contributed by atoms with E-state index in [4.69, 9.17) is 19.4 Å². The third kappa shape index (κ3) is 9.33. The molecule has 1 aliphatic rings. The van der Waals surface area contributed by atoms with Crippen LogP contribution in [-0.2, 0) is 41.8 Å². The molecule has 1 fully saturated rings. The number of carbonyl (C=O) groups is 4. The molecule has 0 radical (unpaired) electrons. The van der Waals surface area contributed by atoms with Gasteiger partial charge in [0.25, 0.3) is 0 Å². The third-order valence-electron chi connectivity index (χ3n) is 8.28. The van der Waals surface area contributed by atoms with E-state index in [1.54, 1.807) is 41.5 Å². The van der Waals surface area contributed by atoms with E-state index in [0.29, 0.717) is 48.4 Å². The second kappa shape index (κ2) is 15.2. The molecular formula is C36H52N6O7. The molecule has 3 aromatic rings. The number of amides is 3. The summed E-state index contributed by atoms with van der Waals surface area (Å²) in [6.45, 7) is 17.2. The van der Waals surface area contributed by atoms with Gasteiger partial charge >= 0.3 is 5.97 Å². The maximum atomic E-state index is 13.9. The lowest BCUT2D eigenvalue weighted by molar-refractivity contribution is -0.158. The zero-order valence-corrected chi connectivity index (χ0v) is 30.3. The van der Waals surface area contributed by atoms with E-state index < -0.39 is 47.0 Å². The molecule has 0 saturated carbocycles. The topological polar surface area (TPSA) is 165 Å². The minimum absolute atomic E-state index is 0.0942. The quantitative estimate of drug-likeness (QED) is 0.223. The largest absolute Gasteiger partial charge is 0.460 e. The standard InChI is InChI=1S/C36H52N6O7/c1-10-48-19-26-38-29-30(42(26)20-36(8,9)47)23-14-11-12-15-24(23)37-31(29)40-33(45)28(21(2)3)39-32(44)25-16-13-17-41(25)34(46)22(4)18-27(43)49-35(5,6)7/h11-12,14-15,21-22,25,28,47H,10,13,16-20H2,1-9H3,(H,39,44)(H,37,40,45)/t22-,25-,28?/m0/s1. The van der Waals surface area contributed by atoms with Crippen LogP contribution in [0.25, 0.3) is 21.9 Å². The first-order valence-corrected chi connectivity index (χ1v) is 17.1. The number of hydrogen-bond donors (Lipinski definition) is 3. The number of para-hydroxylation sites is 1. The maximum absolute atomic E-state index is 13.9. The van der Waals surface area contributed by atoms with E-state index in [0.717, 1.165) is 5.39 Å². The SMILES string of the molecule is CCOCc1nc2c(NC(=O)C(NC(=O)[C@@H]3CCCN3C(=O)[C@@H](C)CC(=O)OC(C)(C)C)C(C)C)nc3ccccc3c2n1CC(C)(C)O. The lowest BCUT2D eigenvalue weighted by Gasteiger charge is -2.29. The number of nitrogens with zero attached hydrogens (tertiary/aromatic N) is 4. The highest BCUT2D eigenvalue weighted by molar-refractivity contribution is 6.10. The molecule has 0 spiro atoms. The number of ether oxygens (including phenoxy) is 2. The molecule has 3 N–H and O–H groups in total. The number of hydrogen-bond acceptors (Lipinski definition) is 9. The number of pyridine rings is 1. The molecule has 0 bridgehead atoms. The van der Waals surface area contributed by atoms with Gasteiger partial charge in [-0.3, -0.25) is 19.2 Å². The molecule has 0 aliphatic carbocycles. The van der Waals surface area contributed by atoms with Crippen molar-refractivity contribution in [3.05, 3.63) is 30.1 Å². The number of esters is 1. The summed E-state index contributed by atoms with van der Waals surface area (Å²) in [5.74, 6) is -1.87. The first-order chi connectivity index (χ1) is 22.9. The fraction of sp³-hybridized carbons (Fsp3) is 0.611. The Hall–Kier alpha value is -4.10. The first-order valence-electron chi connectivity index (χ1n) is 17.1. The number of benzene rings is 1. The summed E-state index contributed by atoms with van der Waals surface area (Å²) in [5.41, 5.74) is 0.0163. The molecule has 1 unspecified atom stereocenters. The van der Waals surface area contributed by atoms with E-state index in [2.05, 4.69) is 10.6 Å². The lowest BCUT2D eigenvalue weighted by Crippen LogP contribution is -2.54. The van der Waals surface area contributed by atoms with Gasteiger partial charge in [-0.05, 0) is 66.4 Å². The van der Waals surface area contributed by atoms with Gasteiger partial charge in [-0.2, -0.15) is 0 Å². The number of imidazole rings is 1. The van der Waals surface area contributed by atoms with Gasteiger partial charge in [-0.15, -0.1) is 0 Å². The van der Waals surface area contributed by atoms with E-state index >= 15 is 0 Å². The average molecular weight is 681 g/mol. The minimum atomic E-state index is -1.07. The Balaban J connectivity index is 1.59. The summed E-state index contributed by atoms with van der Waals surface area (Å²) in [7, 11) is 0. The van der Waals surface area contributed by atoms with Gasteiger partial charge in [0, 0.05) is 24.5 Å². The Morgan fingerprint density at radius 3 is 2.39 bits per heavy atom. The molecule has 3 amide bonds. The molecular weight excluding hydrogens is 628 g/mol. The summed E-state index contributed by atoms with van der Waals surface area (Å²) in [5, 5.41) is 17.4. The molecule has 4 rings (SSSR count). The van der Waals surface area contributed by atoms with Crippen LogP contribution in [-0.4, -0.2) is 84.7 Å². The van der Waals surface area contributed by atoms with Crippen molar-refractivity contribution in [2.24, 2.45) is 11.8 Å². The van der Waals surface area contributed by atoms with Crippen molar-refractivity contribution in [3.8, 4) is 0 Å². The van der Waals surface area contributed by atoms with Crippen LogP contribution >= 0.6 is 0 Å². The van der Waals surface area contributed by atoms with E-state index in [1.807, 2.05) is 49.6 Å². The Morgan fingerprint density at radius 2 is 1.76 bits per heavy atom. The second-order valence-electron chi connectivity index (χ2n) is 14.8. The second-order valence-corrected chi connectivity index (χ2v) is 14.8. The van der Waals surface area contributed by atoms with Crippen molar-refractivity contribution in [1.29, 1.82) is 0 Å². The van der Waals surface area contributed by atoms with Crippen LogP contribution in [0.2, 0.25) is 0 Å². The Morgan fingerprint density at radius 1 is 1.06 bits per heavy atom. The van der Waals surface area contributed by atoms with Crippen LogP contribution in [0.3, 0.4) is 0 Å². The van der Waals surface area contributed by atoms with Gasteiger partial charge < -0.3 is 34.7 Å². The number of likely N-dealkylation sites (tertiary alicyclic amines) is 1. The van der Waals surface area contributed by atoms with E-state index in [-0.39, 0.29) is 37.2 Å².